The SMILES string of the molecule is COc1cc(CCCCCO[C@@H]2CCN([C@H](C(=O)O)c3cc(C4(C)CC4)cc(F)c3OC)C2)nc2c1CCCN2. The largest absolute Gasteiger partial charge is 0.496 e. The molecule has 218 valence electrons. The minimum Gasteiger partial charge on any atom is -0.496 e. The van der Waals surface area contributed by atoms with Crippen molar-refractivity contribution in [3.8, 4) is 11.5 Å². The summed E-state index contributed by atoms with van der Waals surface area (Å²) in [5.74, 6) is 0.408. The molecule has 9 heteroatoms. The zero-order valence-electron chi connectivity index (χ0n) is 23.9. The van der Waals surface area contributed by atoms with Gasteiger partial charge in [0, 0.05) is 49.1 Å². The van der Waals surface area contributed by atoms with Crippen molar-refractivity contribution in [3.63, 3.8) is 0 Å². The summed E-state index contributed by atoms with van der Waals surface area (Å²) in [7, 11) is 3.11. The number of carboxylic acid groups (broad SMARTS) is 1. The monoisotopic (exact) mass is 555 g/mol. The lowest BCUT2D eigenvalue weighted by molar-refractivity contribution is -0.143. The van der Waals surface area contributed by atoms with Gasteiger partial charge in [-0.15, -0.1) is 0 Å². The van der Waals surface area contributed by atoms with Gasteiger partial charge in [0.2, 0.25) is 0 Å². The van der Waals surface area contributed by atoms with Gasteiger partial charge in [-0.05, 0) is 74.5 Å². The molecule has 1 saturated carbocycles. The highest BCUT2D eigenvalue weighted by molar-refractivity contribution is 5.77. The van der Waals surface area contributed by atoms with Crippen LogP contribution in [0.25, 0.3) is 0 Å². The van der Waals surface area contributed by atoms with Gasteiger partial charge in [0.05, 0.1) is 20.3 Å². The van der Waals surface area contributed by atoms with Gasteiger partial charge in [0.25, 0.3) is 0 Å². The lowest BCUT2D eigenvalue weighted by Crippen LogP contribution is -2.34. The number of carbonyl (C=O) groups is 1. The number of hydrogen-bond donors (Lipinski definition) is 2. The number of aromatic nitrogens is 1. The average Bonchev–Trinajstić information content (AvgIpc) is 3.54. The molecule has 8 nitrogen and oxygen atoms in total. The van der Waals surface area contributed by atoms with E-state index in [1.54, 1.807) is 7.11 Å². The van der Waals surface area contributed by atoms with Gasteiger partial charge < -0.3 is 24.6 Å². The van der Waals surface area contributed by atoms with Crippen LogP contribution in [0.1, 0.15) is 80.3 Å². The van der Waals surface area contributed by atoms with Crippen LogP contribution in [-0.2, 0) is 27.8 Å². The van der Waals surface area contributed by atoms with Crippen LogP contribution in [0, 0.1) is 5.82 Å². The summed E-state index contributed by atoms with van der Waals surface area (Å²) in [4.78, 5) is 19.1. The van der Waals surface area contributed by atoms with Crippen LogP contribution >= 0.6 is 0 Å². The van der Waals surface area contributed by atoms with E-state index in [2.05, 4.69) is 18.3 Å². The first kappa shape index (κ1) is 28.6. The number of aryl methyl sites for hydroxylation is 1. The summed E-state index contributed by atoms with van der Waals surface area (Å²) in [6.45, 7) is 4.74. The Morgan fingerprint density at radius 3 is 2.77 bits per heavy atom. The molecule has 2 aliphatic heterocycles. The van der Waals surface area contributed by atoms with E-state index in [1.807, 2.05) is 11.0 Å². The molecule has 0 bridgehead atoms. The Morgan fingerprint density at radius 2 is 2.05 bits per heavy atom. The number of fused-ring (bicyclic) bond motifs is 1. The smallest absolute Gasteiger partial charge is 0.325 e. The van der Waals surface area contributed by atoms with E-state index < -0.39 is 17.8 Å². The predicted molar refractivity (Wildman–Crippen MR) is 151 cm³/mol. The molecule has 1 aromatic carbocycles. The quantitative estimate of drug-likeness (QED) is 0.323. The van der Waals surface area contributed by atoms with Crippen molar-refractivity contribution in [3.05, 3.63) is 46.4 Å². The van der Waals surface area contributed by atoms with Crippen LogP contribution < -0.4 is 14.8 Å². The summed E-state index contributed by atoms with van der Waals surface area (Å²) in [5.41, 5.74) is 3.38. The van der Waals surface area contributed by atoms with Crippen molar-refractivity contribution in [2.75, 3.05) is 45.8 Å². The zero-order chi connectivity index (χ0) is 28.3. The number of hydrogen-bond acceptors (Lipinski definition) is 7. The van der Waals surface area contributed by atoms with Crippen molar-refractivity contribution >= 4 is 11.8 Å². The molecule has 1 aromatic heterocycles. The third-order valence-corrected chi connectivity index (χ3v) is 8.73. The fourth-order valence-corrected chi connectivity index (χ4v) is 6.07. The molecule has 3 aliphatic rings. The van der Waals surface area contributed by atoms with Crippen LogP contribution in [0.15, 0.2) is 18.2 Å². The van der Waals surface area contributed by atoms with Crippen molar-refractivity contribution in [1.29, 1.82) is 0 Å². The first-order chi connectivity index (χ1) is 19.3. The highest BCUT2D eigenvalue weighted by Crippen LogP contribution is 2.49. The fourth-order valence-electron chi connectivity index (χ4n) is 6.07. The first-order valence-corrected chi connectivity index (χ1v) is 14.6. The third-order valence-electron chi connectivity index (χ3n) is 8.73. The second kappa shape index (κ2) is 12.3. The van der Waals surface area contributed by atoms with Crippen molar-refractivity contribution in [2.45, 2.75) is 82.3 Å². The lowest BCUT2D eigenvalue weighted by atomic mass is 9.92. The Balaban J connectivity index is 1.11. The Hall–Kier alpha value is -2.91. The molecule has 1 aliphatic carbocycles. The maximum Gasteiger partial charge on any atom is 0.325 e. The summed E-state index contributed by atoms with van der Waals surface area (Å²) in [6.07, 6.45) is 8.60. The van der Waals surface area contributed by atoms with Gasteiger partial charge in [0.1, 0.15) is 17.6 Å². The Labute approximate surface area is 236 Å². The predicted octanol–water partition coefficient (Wildman–Crippen LogP) is 5.28. The van der Waals surface area contributed by atoms with E-state index in [0.29, 0.717) is 25.3 Å². The van der Waals surface area contributed by atoms with E-state index in [4.69, 9.17) is 19.2 Å². The van der Waals surface area contributed by atoms with E-state index in [0.717, 1.165) is 87.2 Å². The van der Waals surface area contributed by atoms with Crippen LogP contribution in [0.2, 0.25) is 0 Å². The molecule has 0 amide bonds. The molecule has 0 spiro atoms. The fraction of sp³-hybridized carbons (Fsp3) is 0.613. The molecule has 2 N–H and O–H groups in total. The number of aliphatic carboxylic acids is 1. The molecule has 5 rings (SSSR count). The number of pyridine rings is 1. The average molecular weight is 556 g/mol. The number of methoxy groups -OCH3 is 2. The van der Waals surface area contributed by atoms with Crippen molar-refractivity contribution in [1.82, 2.24) is 9.88 Å². The summed E-state index contributed by atoms with van der Waals surface area (Å²) in [6, 6.07) is 4.43. The van der Waals surface area contributed by atoms with E-state index >= 15 is 0 Å². The minimum absolute atomic E-state index is 0.0200. The summed E-state index contributed by atoms with van der Waals surface area (Å²) in [5, 5.41) is 13.6. The van der Waals surface area contributed by atoms with E-state index in [-0.39, 0.29) is 17.3 Å². The maximum absolute atomic E-state index is 15.0. The Bertz CT molecular complexity index is 1200. The van der Waals surface area contributed by atoms with Crippen LogP contribution in [-0.4, -0.2) is 67.5 Å². The highest BCUT2D eigenvalue weighted by Gasteiger charge is 2.42. The van der Waals surface area contributed by atoms with Crippen LogP contribution in [0.3, 0.4) is 0 Å². The molecule has 2 atom stereocenters. The maximum atomic E-state index is 15.0. The van der Waals surface area contributed by atoms with Gasteiger partial charge in [-0.2, -0.15) is 0 Å². The number of likely N-dealkylation sites (tertiary alicyclic amines) is 1. The summed E-state index contributed by atoms with van der Waals surface area (Å²) >= 11 is 0. The van der Waals surface area contributed by atoms with Gasteiger partial charge >= 0.3 is 5.97 Å². The molecule has 2 aromatic rings. The number of halogens is 1. The molecule has 0 unspecified atom stereocenters. The molecule has 0 radical (unpaired) electrons. The van der Waals surface area contributed by atoms with Gasteiger partial charge in [-0.1, -0.05) is 13.3 Å². The summed E-state index contributed by atoms with van der Waals surface area (Å²) < 4.78 is 32.1. The van der Waals surface area contributed by atoms with Gasteiger partial charge in [-0.3, -0.25) is 9.69 Å². The second-order valence-electron chi connectivity index (χ2n) is 11.6. The molecule has 1 saturated heterocycles. The Morgan fingerprint density at radius 1 is 1.23 bits per heavy atom. The molecule has 2 fully saturated rings. The first-order valence-electron chi connectivity index (χ1n) is 14.6. The number of anilines is 1. The number of unbranched alkanes of at least 4 members (excludes halogenated alkanes) is 2. The van der Waals surface area contributed by atoms with E-state index in [1.165, 1.54) is 18.7 Å². The molecular weight excluding hydrogens is 513 g/mol. The lowest BCUT2D eigenvalue weighted by Gasteiger charge is -2.27. The van der Waals surface area contributed by atoms with Gasteiger partial charge in [0.15, 0.2) is 11.6 Å². The third kappa shape index (κ3) is 6.20. The van der Waals surface area contributed by atoms with Crippen LogP contribution in [0.5, 0.6) is 11.5 Å². The molecule has 3 heterocycles. The van der Waals surface area contributed by atoms with E-state index in [9.17, 15) is 14.3 Å². The topological polar surface area (TPSA) is 93.2 Å². The number of ether oxygens (including phenoxy) is 3. The number of nitrogens with one attached hydrogen (secondary N) is 1. The number of carboxylic acids is 1. The van der Waals surface area contributed by atoms with Crippen LogP contribution in [0.4, 0.5) is 10.2 Å². The molecular formula is C31H42FN3O5. The standard InChI is InChI=1S/C31H42FN3O5/c1-31(11-12-31)20-16-24(28(39-3)25(32)17-20)27(30(36)37)35-14-10-22(19-35)40-15-6-4-5-8-21-18-26(38-2)23-9-7-13-33-29(23)34-21/h16-18,22,27H,4-15,19H2,1-3H3,(H,33,34)(H,36,37)/t22-,27+/m1/s1. The van der Waals surface area contributed by atoms with Gasteiger partial charge in [-0.25, -0.2) is 9.37 Å². The normalized spacial score (nSPS) is 20.4. The number of benzene rings is 1. The number of rotatable bonds is 13. The van der Waals surface area contributed by atoms with Crippen molar-refractivity contribution in [2.24, 2.45) is 0 Å². The molecule has 40 heavy (non-hydrogen) atoms. The second-order valence-corrected chi connectivity index (χ2v) is 11.6. The zero-order valence-corrected chi connectivity index (χ0v) is 23.9. The highest BCUT2D eigenvalue weighted by atomic mass is 19.1. The Kier molecular flexibility index (Phi) is 8.80. The van der Waals surface area contributed by atoms with Crippen molar-refractivity contribution < 1.29 is 28.5 Å². The minimum atomic E-state index is -1.00. The number of nitrogens with zero attached hydrogens (tertiary/aromatic N) is 2.